The summed E-state index contributed by atoms with van der Waals surface area (Å²) in [5.74, 6) is 0.222. The zero-order chi connectivity index (χ0) is 15.5. The van der Waals surface area contributed by atoms with Gasteiger partial charge in [0.1, 0.15) is 11.9 Å². The molecule has 2 saturated heterocycles. The van der Waals surface area contributed by atoms with Crippen LogP contribution in [-0.4, -0.2) is 43.1 Å². The molecule has 118 valence electrons. The molecular weight excluding hydrogens is 294 g/mol. The summed E-state index contributed by atoms with van der Waals surface area (Å²) in [6.45, 7) is 1.53. The number of hydrogen-bond donors (Lipinski definition) is 0. The molecule has 8 nitrogen and oxygen atoms in total. The van der Waals surface area contributed by atoms with Gasteiger partial charge in [0.2, 0.25) is 0 Å². The van der Waals surface area contributed by atoms with Crippen LogP contribution in [0.5, 0.6) is 5.75 Å². The van der Waals surface area contributed by atoms with E-state index in [1.54, 1.807) is 0 Å². The van der Waals surface area contributed by atoms with Crippen LogP contribution >= 0.6 is 0 Å². The highest BCUT2D eigenvalue weighted by Crippen LogP contribution is 2.29. The first kappa shape index (κ1) is 14.7. The maximum absolute atomic E-state index is 11.8. The number of carbonyl (C=O) groups is 1. The Hall–Kier alpha value is -2.19. The van der Waals surface area contributed by atoms with Crippen molar-refractivity contribution in [3.8, 4) is 5.75 Å². The molecule has 2 aliphatic heterocycles. The summed E-state index contributed by atoms with van der Waals surface area (Å²) in [6, 6.07) is 5.23. The third-order valence-electron chi connectivity index (χ3n) is 3.78. The molecule has 2 heterocycles. The number of rotatable bonds is 3. The van der Waals surface area contributed by atoms with Crippen LogP contribution in [0.3, 0.4) is 0 Å². The Balaban J connectivity index is 1.56. The summed E-state index contributed by atoms with van der Waals surface area (Å²) in [6.07, 6.45) is -0.566. The molecule has 1 aromatic rings. The smallest absolute Gasteiger partial charge is 0.430 e. The summed E-state index contributed by atoms with van der Waals surface area (Å²) in [5.41, 5.74) is -0.0731. The van der Waals surface area contributed by atoms with Crippen molar-refractivity contribution in [1.82, 2.24) is 0 Å². The largest absolute Gasteiger partial charge is 0.514 e. The molecule has 3 atom stereocenters. The van der Waals surface area contributed by atoms with Crippen molar-refractivity contribution in [2.24, 2.45) is 5.92 Å². The Labute approximate surface area is 126 Å². The van der Waals surface area contributed by atoms with Crippen LogP contribution in [-0.2, 0) is 14.2 Å². The van der Waals surface area contributed by atoms with E-state index >= 15 is 0 Å². The normalized spacial score (nSPS) is 27.0. The summed E-state index contributed by atoms with van der Waals surface area (Å²) >= 11 is 0. The van der Waals surface area contributed by atoms with Gasteiger partial charge in [-0.15, -0.1) is 0 Å². The quantitative estimate of drug-likeness (QED) is 0.364. The zero-order valence-corrected chi connectivity index (χ0v) is 11.7. The lowest BCUT2D eigenvalue weighted by molar-refractivity contribution is -0.384. The molecule has 0 aliphatic carbocycles. The van der Waals surface area contributed by atoms with Crippen LogP contribution in [0.15, 0.2) is 24.3 Å². The van der Waals surface area contributed by atoms with Gasteiger partial charge in [0.15, 0.2) is 0 Å². The van der Waals surface area contributed by atoms with E-state index in [0.29, 0.717) is 26.2 Å². The van der Waals surface area contributed by atoms with Crippen LogP contribution in [0.25, 0.3) is 0 Å². The van der Waals surface area contributed by atoms with E-state index in [2.05, 4.69) is 0 Å². The maximum atomic E-state index is 11.8. The first-order valence-corrected chi connectivity index (χ1v) is 6.96. The molecule has 22 heavy (non-hydrogen) atoms. The lowest BCUT2D eigenvalue weighted by atomic mass is 9.94. The number of nitro groups is 1. The monoisotopic (exact) mass is 309 g/mol. The second-order valence-electron chi connectivity index (χ2n) is 5.16. The molecule has 0 N–H and O–H groups in total. The van der Waals surface area contributed by atoms with E-state index in [-0.39, 0.29) is 29.6 Å². The Morgan fingerprint density at radius 2 is 2.05 bits per heavy atom. The Kier molecular flexibility index (Phi) is 4.21. The Bertz CT molecular complexity index is 559. The Morgan fingerprint density at radius 1 is 1.27 bits per heavy atom. The molecule has 0 bridgehead atoms. The van der Waals surface area contributed by atoms with Crippen molar-refractivity contribution in [3.05, 3.63) is 34.4 Å². The number of benzene rings is 1. The van der Waals surface area contributed by atoms with Gasteiger partial charge in [-0.25, -0.2) is 4.79 Å². The van der Waals surface area contributed by atoms with Gasteiger partial charge in [-0.05, 0) is 12.1 Å². The van der Waals surface area contributed by atoms with Gasteiger partial charge in [0, 0.05) is 24.5 Å². The molecule has 1 aromatic carbocycles. The lowest BCUT2D eigenvalue weighted by Crippen LogP contribution is -2.41. The van der Waals surface area contributed by atoms with Crippen molar-refractivity contribution in [2.75, 3.05) is 19.8 Å². The van der Waals surface area contributed by atoms with Crippen molar-refractivity contribution in [2.45, 2.75) is 18.6 Å². The molecule has 8 heteroatoms. The number of ether oxygens (including phenoxy) is 4. The van der Waals surface area contributed by atoms with Crippen molar-refractivity contribution in [1.29, 1.82) is 0 Å². The Morgan fingerprint density at radius 3 is 2.77 bits per heavy atom. The average Bonchev–Trinajstić information content (AvgIpc) is 2.97. The lowest BCUT2D eigenvalue weighted by Gasteiger charge is -2.31. The SMILES string of the molecule is O=C(Oc1ccc([N+](=O)[O-])cc1)OC1CCOC2COCC21. The molecule has 0 amide bonds. The molecule has 2 fully saturated rings. The van der Waals surface area contributed by atoms with E-state index in [9.17, 15) is 14.9 Å². The first-order chi connectivity index (χ1) is 10.6. The molecule has 3 rings (SSSR count). The number of nitro benzene ring substituents is 1. The van der Waals surface area contributed by atoms with E-state index in [1.807, 2.05) is 0 Å². The van der Waals surface area contributed by atoms with Crippen LogP contribution in [0.1, 0.15) is 6.42 Å². The first-order valence-electron chi connectivity index (χ1n) is 6.96. The number of nitrogens with zero attached hydrogens (tertiary/aromatic N) is 1. The highest BCUT2D eigenvalue weighted by Gasteiger charge is 2.41. The molecule has 0 aromatic heterocycles. The van der Waals surface area contributed by atoms with Gasteiger partial charge >= 0.3 is 6.16 Å². The fraction of sp³-hybridized carbons (Fsp3) is 0.500. The minimum Gasteiger partial charge on any atom is -0.430 e. The topological polar surface area (TPSA) is 97.1 Å². The zero-order valence-electron chi connectivity index (χ0n) is 11.7. The van der Waals surface area contributed by atoms with Gasteiger partial charge in [-0.1, -0.05) is 0 Å². The van der Waals surface area contributed by atoms with Crippen molar-refractivity contribution >= 4 is 11.8 Å². The number of non-ortho nitro benzene ring substituents is 1. The number of carbonyl (C=O) groups excluding carboxylic acids is 1. The molecule has 3 unspecified atom stereocenters. The van der Waals surface area contributed by atoms with Crippen LogP contribution < -0.4 is 4.74 Å². The van der Waals surface area contributed by atoms with Gasteiger partial charge in [-0.3, -0.25) is 10.1 Å². The van der Waals surface area contributed by atoms with Gasteiger partial charge in [0.25, 0.3) is 5.69 Å². The van der Waals surface area contributed by atoms with Gasteiger partial charge in [-0.2, -0.15) is 0 Å². The predicted octanol–water partition coefficient (Wildman–Crippen LogP) is 1.91. The molecular formula is C14H15NO7. The van der Waals surface area contributed by atoms with Crippen LogP contribution in [0, 0.1) is 16.0 Å². The van der Waals surface area contributed by atoms with E-state index in [1.165, 1.54) is 24.3 Å². The van der Waals surface area contributed by atoms with E-state index < -0.39 is 11.1 Å². The van der Waals surface area contributed by atoms with Crippen LogP contribution in [0.2, 0.25) is 0 Å². The van der Waals surface area contributed by atoms with Crippen LogP contribution in [0.4, 0.5) is 10.5 Å². The minimum atomic E-state index is -0.827. The molecule has 2 aliphatic rings. The maximum Gasteiger partial charge on any atom is 0.514 e. The number of hydrogen-bond acceptors (Lipinski definition) is 7. The summed E-state index contributed by atoms with van der Waals surface area (Å²) in [5, 5.41) is 10.6. The molecule has 0 saturated carbocycles. The fourth-order valence-electron chi connectivity index (χ4n) is 2.65. The molecule has 0 radical (unpaired) electrons. The summed E-state index contributed by atoms with van der Waals surface area (Å²) in [7, 11) is 0. The van der Waals surface area contributed by atoms with E-state index in [4.69, 9.17) is 18.9 Å². The standard InChI is InChI=1S/C14H15NO7/c16-14(21-10-3-1-9(2-4-10)15(17)18)22-12-5-6-20-13-8-19-7-11(12)13/h1-4,11-13H,5-8H2. The predicted molar refractivity (Wildman–Crippen MR) is 72.7 cm³/mol. The second kappa shape index (κ2) is 6.29. The third-order valence-corrected chi connectivity index (χ3v) is 3.78. The minimum absolute atomic E-state index is 0.0261. The van der Waals surface area contributed by atoms with Gasteiger partial charge in [0.05, 0.1) is 30.8 Å². The number of fused-ring (bicyclic) bond motifs is 1. The third kappa shape index (κ3) is 3.18. The highest BCUT2D eigenvalue weighted by atomic mass is 16.7. The summed E-state index contributed by atoms with van der Waals surface area (Å²) in [4.78, 5) is 21.9. The second-order valence-corrected chi connectivity index (χ2v) is 5.16. The fourth-order valence-corrected chi connectivity index (χ4v) is 2.65. The van der Waals surface area contributed by atoms with E-state index in [0.717, 1.165) is 0 Å². The average molecular weight is 309 g/mol. The highest BCUT2D eigenvalue weighted by molar-refractivity contribution is 5.64. The van der Waals surface area contributed by atoms with Gasteiger partial charge < -0.3 is 18.9 Å². The van der Waals surface area contributed by atoms with Crippen molar-refractivity contribution < 1.29 is 28.7 Å². The summed E-state index contributed by atoms with van der Waals surface area (Å²) < 4.78 is 21.2. The molecule has 0 spiro atoms. The van der Waals surface area contributed by atoms with Crippen molar-refractivity contribution in [3.63, 3.8) is 0 Å².